The third kappa shape index (κ3) is 1.37. The standard InChI is InChI=1S/C4H8P2/c1-2-4-6-5-3-1/h1-2,5-6H,3-4H2. The minimum atomic E-state index is 1.24. The van der Waals surface area contributed by atoms with E-state index in [1.54, 1.807) is 0 Å². The molecule has 6 heavy (non-hydrogen) atoms. The van der Waals surface area contributed by atoms with Gasteiger partial charge in [-0.25, -0.2) is 0 Å². The molecule has 0 saturated carbocycles. The molecule has 2 unspecified atom stereocenters. The monoisotopic (exact) mass is 118 g/mol. The van der Waals surface area contributed by atoms with Gasteiger partial charge in [-0.3, -0.25) is 0 Å². The largest absolute Gasteiger partial charge is 0.0951 e. The predicted molar refractivity (Wildman–Crippen MR) is 35.5 cm³/mol. The summed E-state index contributed by atoms with van der Waals surface area (Å²) in [4.78, 5) is 0. The molecule has 0 radical (unpaired) electrons. The van der Waals surface area contributed by atoms with Gasteiger partial charge >= 0.3 is 0 Å². The van der Waals surface area contributed by atoms with Crippen LogP contribution in [0.3, 0.4) is 0 Å². The molecule has 0 aromatic rings. The summed E-state index contributed by atoms with van der Waals surface area (Å²) in [6, 6.07) is 0. The Morgan fingerprint density at radius 3 is 1.67 bits per heavy atom. The average Bonchev–Trinajstić information content (AvgIpc) is 1.72. The van der Waals surface area contributed by atoms with Gasteiger partial charge in [0.25, 0.3) is 0 Å². The Labute approximate surface area is 41.9 Å². The van der Waals surface area contributed by atoms with Crippen LogP contribution in [0.1, 0.15) is 0 Å². The van der Waals surface area contributed by atoms with E-state index in [0.717, 1.165) is 0 Å². The highest BCUT2D eigenvalue weighted by molar-refractivity contribution is 8.12. The van der Waals surface area contributed by atoms with E-state index in [2.05, 4.69) is 12.2 Å². The molecule has 0 aromatic heterocycles. The van der Waals surface area contributed by atoms with Crippen LogP contribution in [0.15, 0.2) is 12.2 Å². The fourth-order valence-corrected chi connectivity index (χ4v) is 2.86. The second kappa shape index (κ2) is 2.72. The molecule has 0 aliphatic carbocycles. The van der Waals surface area contributed by atoms with Gasteiger partial charge in [-0.1, -0.05) is 28.7 Å². The first-order chi connectivity index (χ1) is 3.00. The Bertz CT molecular complexity index is 50.6. The number of hydrogen-bond donors (Lipinski definition) is 0. The summed E-state index contributed by atoms with van der Waals surface area (Å²) in [7, 11) is 2.49. The van der Waals surface area contributed by atoms with Crippen molar-refractivity contribution in [2.45, 2.75) is 0 Å². The molecule has 2 atom stereocenters. The van der Waals surface area contributed by atoms with Crippen LogP contribution >= 0.6 is 16.5 Å². The maximum Gasteiger partial charge on any atom is -0.0135 e. The molecule has 0 fully saturated rings. The molecule has 0 aromatic carbocycles. The lowest BCUT2D eigenvalue weighted by molar-refractivity contribution is 1.65. The summed E-state index contributed by atoms with van der Waals surface area (Å²) in [5.41, 5.74) is 0. The van der Waals surface area contributed by atoms with E-state index in [-0.39, 0.29) is 0 Å². The van der Waals surface area contributed by atoms with E-state index in [9.17, 15) is 0 Å². The van der Waals surface area contributed by atoms with Gasteiger partial charge in [-0.2, -0.15) is 0 Å². The summed E-state index contributed by atoms with van der Waals surface area (Å²) in [6.45, 7) is 0. The molecule has 1 aliphatic rings. The zero-order chi connectivity index (χ0) is 4.24. The Hall–Kier alpha value is 0.600. The minimum absolute atomic E-state index is 1.24. The topological polar surface area (TPSA) is 0 Å². The van der Waals surface area contributed by atoms with E-state index in [0.29, 0.717) is 0 Å². The maximum atomic E-state index is 2.29. The quantitative estimate of drug-likeness (QED) is 0.336. The summed E-state index contributed by atoms with van der Waals surface area (Å²) < 4.78 is 0. The second-order valence-corrected chi connectivity index (χ2v) is 4.88. The van der Waals surface area contributed by atoms with E-state index >= 15 is 0 Å². The van der Waals surface area contributed by atoms with E-state index in [4.69, 9.17) is 0 Å². The second-order valence-electron chi connectivity index (χ2n) is 1.23. The molecular weight excluding hydrogens is 110 g/mol. The van der Waals surface area contributed by atoms with Crippen molar-refractivity contribution in [2.24, 2.45) is 0 Å². The lowest BCUT2D eigenvalue weighted by atomic mass is 10.6. The van der Waals surface area contributed by atoms with Crippen LogP contribution < -0.4 is 0 Å². The molecule has 1 heterocycles. The Balaban J connectivity index is 2.26. The van der Waals surface area contributed by atoms with Gasteiger partial charge < -0.3 is 0 Å². The van der Waals surface area contributed by atoms with Gasteiger partial charge in [-0.15, -0.1) is 0 Å². The van der Waals surface area contributed by atoms with Crippen molar-refractivity contribution in [2.75, 3.05) is 12.3 Å². The number of hydrogen-bond acceptors (Lipinski definition) is 0. The molecule has 0 bridgehead atoms. The highest BCUT2D eigenvalue weighted by Gasteiger charge is 1.86. The molecule has 0 spiro atoms. The van der Waals surface area contributed by atoms with Crippen molar-refractivity contribution in [3.63, 3.8) is 0 Å². The van der Waals surface area contributed by atoms with Gasteiger partial charge in [0.05, 0.1) is 0 Å². The first kappa shape index (κ1) is 4.75. The fraction of sp³-hybridized carbons (Fsp3) is 0.500. The first-order valence-corrected chi connectivity index (χ1v) is 5.52. The van der Waals surface area contributed by atoms with Crippen molar-refractivity contribution >= 4 is 16.5 Å². The van der Waals surface area contributed by atoms with E-state index < -0.39 is 0 Å². The molecule has 34 valence electrons. The molecular formula is C4H8P2. The Morgan fingerprint density at radius 2 is 1.50 bits per heavy atom. The molecule has 0 saturated heterocycles. The van der Waals surface area contributed by atoms with E-state index in [1.807, 2.05) is 0 Å². The molecule has 0 N–H and O–H groups in total. The molecule has 1 aliphatic heterocycles. The molecule has 0 amide bonds. The van der Waals surface area contributed by atoms with Crippen LogP contribution in [-0.4, -0.2) is 12.3 Å². The number of rotatable bonds is 0. The van der Waals surface area contributed by atoms with Gasteiger partial charge in [0, 0.05) is 0 Å². The zero-order valence-corrected chi connectivity index (χ0v) is 5.57. The SMILES string of the molecule is C1=CCPPC1. The van der Waals surface area contributed by atoms with Crippen LogP contribution in [0.4, 0.5) is 0 Å². The van der Waals surface area contributed by atoms with Crippen molar-refractivity contribution < 1.29 is 0 Å². The molecule has 2 heteroatoms. The van der Waals surface area contributed by atoms with Crippen LogP contribution in [-0.2, 0) is 0 Å². The third-order valence-corrected chi connectivity index (χ3v) is 3.84. The average molecular weight is 118 g/mol. The van der Waals surface area contributed by atoms with Gasteiger partial charge in [0.15, 0.2) is 0 Å². The van der Waals surface area contributed by atoms with Gasteiger partial charge in [-0.05, 0) is 12.3 Å². The highest BCUT2D eigenvalue weighted by atomic mass is 32.0. The smallest absolute Gasteiger partial charge is 0.0135 e. The van der Waals surface area contributed by atoms with Crippen molar-refractivity contribution in [1.29, 1.82) is 0 Å². The lowest BCUT2D eigenvalue weighted by Gasteiger charge is -1.98. The Morgan fingerprint density at radius 1 is 1.00 bits per heavy atom. The number of allylic oxidation sites excluding steroid dienone is 2. The highest BCUT2D eigenvalue weighted by Crippen LogP contribution is 2.38. The normalized spacial score (nSPS) is 29.3. The van der Waals surface area contributed by atoms with Crippen LogP contribution in [0, 0.1) is 0 Å². The zero-order valence-electron chi connectivity index (χ0n) is 3.57. The van der Waals surface area contributed by atoms with Crippen molar-refractivity contribution in [1.82, 2.24) is 0 Å². The van der Waals surface area contributed by atoms with Gasteiger partial charge in [0.2, 0.25) is 0 Å². The third-order valence-electron chi connectivity index (χ3n) is 0.731. The van der Waals surface area contributed by atoms with Crippen molar-refractivity contribution in [3.05, 3.63) is 12.2 Å². The molecule has 0 nitrogen and oxygen atoms in total. The van der Waals surface area contributed by atoms with Crippen molar-refractivity contribution in [3.8, 4) is 0 Å². The van der Waals surface area contributed by atoms with Crippen LogP contribution in [0.25, 0.3) is 0 Å². The minimum Gasteiger partial charge on any atom is -0.0951 e. The van der Waals surface area contributed by atoms with E-state index in [1.165, 1.54) is 28.9 Å². The lowest BCUT2D eigenvalue weighted by Crippen LogP contribution is -1.71. The maximum absolute atomic E-state index is 2.29. The summed E-state index contributed by atoms with van der Waals surface area (Å²) in [5.74, 6) is 0. The first-order valence-electron chi connectivity index (χ1n) is 2.11. The summed E-state index contributed by atoms with van der Waals surface area (Å²) in [5, 5.41) is 0. The Kier molecular flexibility index (Phi) is 2.15. The van der Waals surface area contributed by atoms with Gasteiger partial charge in [0.1, 0.15) is 0 Å². The van der Waals surface area contributed by atoms with Crippen LogP contribution in [0.2, 0.25) is 0 Å². The molecule has 1 rings (SSSR count). The summed E-state index contributed by atoms with van der Waals surface area (Å²) >= 11 is 0. The summed E-state index contributed by atoms with van der Waals surface area (Å²) in [6.07, 6.45) is 7.29. The predicted octanol–water partition coefficient (Wildman–Crippen LogP) is 1.83. The fourth-order valence-electron chi connectivity index (χ4n) is 0.429. The van der Waals surface area contributed by atoms with Crippen LogP contribution in [0.5, 0.6) is 0 Å².